The largest absolute Gasteiger partial charge is 0.458 e. The molecule has 0 fully saturated rings. The first-order chi connectivity index (χ1) is 19.3. The second-order valence-corrected chi connectivity index (χ2v) is 20.5. The van der Waals surface area contributed by atoms with E-state index in [4.69, 9.17) is 18.3 Å². The number of rotatable bonds is 23. The van der Waals surface area contributed by atoms with E-state index in [0.29, 0.717) is 13.2 Å². The SMILES string of the molecule is CCCCC[C@H](/C=C/[C@@H](O[Si](CC)(CC)CC)[C@@H](CCOCc1ccccc1)O[Si](CC)(CC)CC)OC(C)=O. The van der Waals surface area contributed by atoms with E-state index < -0.39 is 16.6 Å². The maximum Gasteiger partial charge on any atom is 0.303 e. The third-order valence-corrected chi connectivity index (χ3v) is 17.9. The third kappa shape index (κ3) is 13.2. The molecule has 230 valence electrons. The van der Waals surface area contributed by atoms with Crippen molar-refractivity contribution in [2.24, 2.45) is 0 Å². The summed E-state index contributed by atoms with van der Waals surface area (Å²) in [5, 5.41) is 0. The van der Waals surface area contributed by atoms with Crippen molar-refractivity contribution < 1.29 is 23.1 Å². The van der Waals surface area contributed by atoms with E-state index in [1.807, 2.05) is 18.2 Å². The van der Waals surface area contributed by atoms with Gasteiger partial charge in [0.15, 0.2) is 16.6 Å². The maximum atomic E-state index is 11.9. The Bertz CT molecular complexity index is 792. The summed E-state index contributed by atoms with van der Waals surface area (Å²) < 4.78 is 26.3. The molecule has 1 aromatic carbocycles. The number of carbonyl (C=O) groups excluding carboxylic acids is 1. The predicted molar refractivity (Wildman–Crippen MR) is 174 cm³/mol. The average molecular weight is 593 g/mol. The van der Waals surface area contributed by atoms with Gasteiger partial charge in [-0.2, -0.15) is 0 Å². The van der Waals surface area contributed by atoms with Crippen LogP contribution in [0.15, 0.2) is 42.5 Å². The van der Waals surface area contributed by atoms with E-state index >= 15 is 0 Å². The topological polar surface area (TPSA) is 54.0 Å². The van der Waals surface area contributed by atoms with E-state index in [0.717, 1.165) is 68.4 Å². The summed E-state index contributed by atoms with van der Waals surface area (Å²) in [6.07, 6.45) is 8.63. The van der Waals surface area contributed by atoms with Crippen molar-refractivity contribution in [3.8, 4) is 0 Å². The minimum Gasteiger partial charge on any atom is -0.458 e. The van der Waals surface area contributed by atoms with Gasteiger partial charge in [0.1, 0.15) is 6.10 Å². The van der Waals surface area contributed by atoms with E-state index in [2.05, 4.69) is 72.8 Å². The van der Waals surface area contributed by atoms with E-state index in [1.165, 1.54) is 12.5 Å². The Morgan fingerprint density at radius 1 is 0.775 bits per heavy atom. The fourth-order valence-electron chi connectivity index (χ4n) is 5.34. The molecule has 0 aliphatic carbocycles. The van der Waals surface area contributed by atoms with Gasteiger partial charge < -0.3 is 18.3 Å². The van der Waals surface area contributed by atoms with Crippen molar-refractivity contribution in [2.45, 2.75) is 149 Å². The molecule has 40 heavy (non-hydrogen) atoms. The lowest BCUT2D eigenvalue weighted by atomic mass is 10.1. The van der Waals surface area contributed by atoms with Crippen LogP contribution < -0.4 is 0 Å². The Morgan fingerprint density at radius 2 is 1.35 bits per heavy atom. The molecule has 0 aromatic heterocycles. The summed E-state index contributed by atoms with van der Waals surface area (Å²) in [5.74, 6) is -0.237. The minimum absolute atomic E-state index is 0.0938. The van der Waals surface area contributed by atoms with Crippen molar-refractivity contribution >= 4 is 22.6 Å². The molecule has 0 bridgehead atoms. The lowest BCUT2D eigenvalue weighted by Crippen LogP contribution is -2.49. The zero-order valence-corrected chi connectivity index (χ0v) is 29.0. The molecule has 1 aromatic rings. The fourth-order valence-corrected chi connectivity index (χ4v) is 11.0. The summed E-state index contributed by atoms with van der Waals surface area (Å²) >= 11 is 0. The second-order valence-electron chi connectivity index (χ2n) is 11.1. The Balaban J connectivity index is 3.33. The van der Waals surface area contributed by atoms with Crippen molar-refractivity contribution in [1.29, 1.82) is 0 Å². The van der Waals surface area contributed by atoms with E-state index in [9.17, 15) is 4.79 Å². The molecule has 7 heteroatoms. The highest BCUT2D eigenvalue weighted by Gasteiger charge is 2.38. The fraction of sp³-hybridized carbons (Fsp3) is 0.727. The van der Waals surface area contributed by atoms with Crippen molar-refractivity contribution in [2.75, 3.05) is 6.61 Å². The van der Waals surface area contributed by atoms with E-state index in [1.54, 1.807) is 0 Å². The molecule has 0 aliphatic heterocycles. The van der Waals surface area contributed by atoms with Gasteiger partial charge >= 0.3 is 5.97 Å². The molecular formula is C33H60O5Si2. The molecule has 0 radical (unpaired) electrons. The van der Waals surface area contributed by atoms with Crippen LogP contribution in [0.1, 0.15) is 93.1 Å². The number of carbonyl (C=O) groups is 1. The van der Waals surface area contributed by atoms with Crippen molar-refractivity contribution in [1.82, 2.24) is 0 Å². The molecule has 0 amide bonds. The number of unbranched alkanes of at least 4 members (excludes halogenated alkanes) is 2. The number of hydrogen-bond acceptors (Lipinski definition) is 5. The average Bonchev–Trinajstić information content (AvgIpc) is 2.98. The van der Waals surface area contributed by atoms with Gasteiger partial charge in [0.05, 0.1) is 18.8 Å². The van der Waals surface area contributed by atoms with Crippen LogP contribution in [-0.4, -0.2) is 47.5 Å². The molecule has 0 saturated carbocycles. The van der Waals surface area contributed by atoms with E-state index in [-0.39, 0.29) is 24.3 Å². The van der Waals surface area contributed by atoms with Gasteiger partial charge in [0.25, 0.3) is 0 Å². The number of hydrogen-bond donors (Lipinski definition) is 0. The third-order valence-electron chi connectivity index (χ3n) is 8.60. The molecule has 0 spiro atoms. The Morgan fingerprint density at radius 3 is 1.88 bits per heavy atom. The van der Waals surface area contributed by atoms with Gasteiger partial charge in [-0.3, -0.25) is 4.79 Å². The summed E-state index contributed by atoms with van der Waals surface area (Å²) in [7, 11) is -3.87. The van der Waals surface area contributed by atoms with Crippen LogP contribution in [-0.2, 0) is 29.7 Å². The highest BCUT2D eigenvalue weighted by Crippen LogP contribution is 2.31. The van der Waals surface area contributed by atoms with Crippen LogP contribution in [0.25, 0.3) is 0 Å². The smallest absolute Gasteiger partial charge is 0.303 e. The predicted octanol–water partition coefficient (Wildman–Crippen LogP) is 9.44. The van der Waals surface area contributed by atoms with Crippen LogP contribution in [0.2, 0.25) is 36.3 Å². The van der Waals surface area contributed by atoms with Gasteiger partial charge in [-0.25, -0.2) is 0 Å². The Kier molecular flexibility index (Phi) is 18.9. The minimum atomic E-state index is -1.95. The zero-order chi connectivity index (χ0) is 29.9. The molecule has 0 saturated heterocycles. The van der Waals surface area contributed by atoms with Crippen molar-refractivity contribution in [3.05, 3.63) is 48.0 Å². The molecule has 3 atom stereocenters. The monoisotopic (exact) mass is 592 g/mol. The normalized spacial score (nSPS) is 14.8. The first kappa shape index (κ1) is 36.8. The van der Waals surface area contributed by atoms with Gasteiger partial charge in [-0.1, -0.05) is 97.7 Å². The zero-order valence-electron chi connectivity index (χ0n) is 27.0. The Labute approximate surface area is 248 Å². The first-order valence-corrected chi connectivity index (χ1v) is 21.1. The number of benzene rings is 1. The van der Waals surface area contributed by atoms with Crippen LogP contribution in [0, 0.1) is 0 Å². The van der Waals surface area contributed by atoms with Crippen LogP contribution in [0.4, 0.5) is 0 Å². The molecule has 0 aliphatic rings. The Hall–Kier alpha value is -1.26. The lowest BCUT2D eigenvalue weighted by Gasteiger charge is -2.40. The van der Waals surface area contributed by atoms with Crippen LogP contribution in [0.3, 0.4) is 0 Å². The standard InChI is InChI=1S/C33H60O5Si2/c1-9-16-18-23-31(36-29(8)34)24-25-32(37-39(10-2,11-3)12-4)33(38-40(13-5,14-6)15-7)26-27-35-28-30-21-19-17-20-22-30/h17,19-22,24-25,31-33H,9-16,18,23,26-28H2,1-8H3/b25-24+/t31-,32-,33-/m1/s1. The maximum absolute atomic E-state index is 11.9. The second kappa shape index (κ2) is 20.6. The highest BCUT2D eigenvalue weighted by atomic mass is 28.4. The first-order valence-electron chi connectivity index (χ1n) is 16.1. The molecule has 0 unspecified atom stereocenters. The van der Waals surface area contributed by atoms with Gasteiger partial charge in [-0.05, 0) is 67.2 Å². The van der Waals surface area contributed by atoms with Gasteiger partial charge in [-0.15, -0.1) is 0 Å². The molecular weight excluding hydrogens is 533 g/mol. The quantitative estimate of drug-likeness (QED) is 0.0548. The lowest BCUT2D eigenvalue weighted by molar-refractivity contribution is -0.144. The van der Waals surface area contributed by atoms with Gasteiger partial charge in [0.2, 0.25) is 0 Å². The summed E-state index contributed by atoms with van der Waals surface area (Å²) in [5.41, 5.74) is 1.18. The summed E-state index contributed by atoms with van der Waals surface area (Å²) in [4.78, 5) is 11.9. The summed E-state index contributed by atoms with van der Waals surface area (Å²) in [6, 6.07) is 16.8. The van der Waals surface area contributed by atoms with Crippen LogP contribution >= 0.6 is 0 Å². The van der Waals surface area contributed by atoms with Gasteiger partial charge in [0, 0.05) is 13.5 Å². The van der Waals surface area contributed by atoms with Crippen LogP contribution in [0.5, 0.6) is 0 Å². The number of ether oxygens (including phenoxy) is 2. The molecule has 5 nitrogen and oxygen atoms in total. The molecule has 0 N–H and O–H groups in total. The molecule has 0 heterocycles. The number of esters is 1. The van der Waals surface area contributed by atoms with Crippen molar-refractivity contribution in [3.63, 3.8) is 0 Å². The molecule has 1 rings (SSSR count). The summed E-state index contributed by atoms with van der Waals surface area (Å²) in [6.45, 7) is 18.5. The highest BCUT2D eigenvalue weighted by molar-refractivity contribution is 6.74.